The third-order valence-corrected chi connectivity index (χ3v) is 30.5. The minimum atomic E-state index is -0.148. The van der Waals surface area contributed by atoms with Crippen molar-refractivity contribution >= 4 is 122 Å². The number of hydrogen-bond acceptors (Lipinski definition) is 9. The highest BCUT2D eigenvalue weighted by Crippen LogP contribution is 2.61. The number of furan rings is 4. The van der Waals surface area contributed by atoms with E-state index in [1.54, 1.807) is 0 Å². The van der Waals surface area contributed by atoms with Gasteiger partial charge in [0.1, 0.15) is 44.7 Å². The van der Waals surface area contributed by atoms with Gasteiger partial charge in [-0.2, -0.15) is 0 Å². The van der Waals surface area contributed by atoms with Crippen LogP contribution < -0.4 is 9.80 Å². The molecule has 132 heavy (non-hydrogen) atoms. The monoisotopic (exact) mass is 1710 g/mol. The van der Waals surface area contributed by atoms with Gasteiger partial charge in [-0.25, -0.2) is 15.0 Å². The van der Waals surface area contributed by atoms with Gasteiger partial charge in [-0.15, -0.1) is 0 Å². The average molecular weight is 1710 g/mol. The van der Waals surface area contributed by atoms with Gasteiger partial charge in [0.2, 0.25) is 0 Å². The molecule has 3 aliphatic rings. The number of nitrogens with zero attached hydrogens (tertiary/aromatic N) is 5. The number of para-hydroxylation sites is 5. The number of hydrogen-bond donors (Lipinski definition) is 0. The van der Waals surface area contributed by atoms with Gasteiger partial charge in [-0.05, 0) is 180 Å². The van der Waals surface area contributed by atoms with E-state index in [0.29, 0.717) is 17.5 Å². The van der Waals surface area contributed by atoms with Crippen LogP contribution in [0.2, 0.25) is 0 Å². The predicted molar refractivity (Wildman–Crippen MR) is 547 cm³/mol. The van der Waals surface area contributed by atoms with Crippen LogP contribution in [0, 0.1) is 0 Å². The van der Waals surface area contributed by atoms with Crippen molar-refractivity contribution in [2.45, 2.75) is 116 Å². The van der Waals surface area contributed by atoms with E-state index in [9.17, 15) is 0 Å². The number of aromatic nitrogens is 3. The van der Waals surface area contributed by atoms with Gasteiger partial charge in [0.05, 0.1) is 0 Å². The van der Waals surface area contributed by atoms with Gasteiger partial charge < -0.3 is 27.5 Å². The summed E-state index contributed by atoms with van der Waals surface area (Å²) in [5, 5.41) is 9.10. The van der Waals surface area contributed by atoms with Crippen molar-refractivity contribution < 1.29 is 17.7 Å². The Kier molecular flexibility index (Phi) is 18.8. The highest BCUT2D eigenvalue weighted by molar-refractivity contribution is 6.16. The van der Waals surface area contributed by atoms with Crippen LogP contribution in [0.25, 0.3) is 166 Å². The molecule has 5 heterocycles. The van der Waals surface area contributed by atoms with Crippen LogP contribution in [0.15, 0.2) is 400 Å². The van der Waals surface area contributed by atoms with Crippen molar-refractivity contribution in [3.05, 3.63) is 416 Å². The molecular formula is C123H99N5O4. The molecule has 0 bridgehead atoms. The molecule has 5 aromatic heterocycles. The van der Waals surface area contributed by atoms with Crippen molar-refractivity contribution in [2.24, 2.45) is 0 Å². The summed E-state index contributed by atoms with van der Waals surface area (Å²) in [6.45, 7) is 28.4. The summed E-state index contributed by atoms with van der Waals surface area (Å²) >= 11 is 0. The smallest absolute Gasteiger partial charge is 0.164 e. The zero-order chi connectivity index (χ0) is 89.9. The Morgan fingerprint density at radius 2 is 0.530 bits per heavy atom. The SMILES string of the molecule is CC1(C)c2ccccc2-c2c(ccc3c2oc2c(-c4ccc(-c5nc(-c6ccccc6)nc(-c6ccccc6)n5)cc4)cccc23)C1(C)C.CC1(C)c2ccccc2-c2ccc3c(oc4ccc(N(c5ccccc5)c5ccc6c(c5)oc5ccccc56)cc43)c2C1(C)C.CC1(C)c2ccccc2-c2ccc3c(oc4ccc(N(c5ccccc5)c5ccccc5)cc43)c2C1(C)C. The van der Waals surface area contributed by atoms with Crippen LogP contribution >= 0.6 is 0 Å². The minimum Gasteiger partial charge on any atom is -0.456 e. The first-order valence-corrected chi connectivity index (χ1v) is 45.9. The van der Waals surface area contributed by atoms with Crippen molar-refractivity contribution in [1.82, 2.24) is 15.0 Å². The Morgan fingerprint density at radius 1 is 0.189 bits per heavy atom. The summed E-state index contributed by atoms with van der Waals surface area (Å²) in [4.78, 5) is 19.3. The Morgan fingerprint density at radius 3 is 1.04 bits per heavy atom. The summed E-state index contributed by atoms with van der Waals surface area (Å²) in [6, 6.07) is 135. The second-order valence-electron chi connectivity index (χ2n) is 38.9. The van der Waals surface area contributed by atoms with Crippen LogP contribution in [0.5, 0.6) is 0 Å². The van der Waals surface area contributed by atoms with Crippen molar-refractivity contribution in [2.75, 3.05) is 9.80 Å². The largest absolute Gasteiger partial charge is 0.456 e. The van der Waals surface area contributed by atoms with Crippen LogP contribution in [-0.2, 0) is 32.5 Å². The van der Waals surface area contributed by atoms with Crippen molar-refractivity contribution in [1.29, 1.82) is 0 Å². The van der Waals surface area contributed by atoms with Crippen molar-refractivity contribution in [3.8, 4) is 78.7 Å². The molecule has 9 heteroatoms. The lowest BCUT2D eigenvalue weighted by Gasteiger charge is -2.48. The van der Waals surface area contributed by atoms with E-state index in [-0.39, 0.29) is 32.5 Å². The Bertz CT molecular complexity index is 8220. The van der Waals surface area contributed by atoms with E-state index in [4.69, 9.17) is 32.6 Å². The quantitative estimate of drug-likeness (QED) is 0.133. The van der Waals surface area contributed by atoms with Gasteiger partial charge in [0, 0.05) is 133 Å². The van der Waals surface area contributed by atoms with Gasteiger partial charge in [-0.1, -0.05) is 356 Å². The third kappa shape index (κ3) is 12.7. The van der Waals surface area contributed by atoms with Gasteiger partial charge >= 0.3 is 0 Å². The summed E-state index contributed by atoms with van der Waals surface area (Å²) in [6.07, 6.45) is 0. The normalized spacial score (nSPS) is 14.9. The molecule has 0 saturated carbocycles. The molecule has 0 fully saturated rings. The van der Waals surface area contributed by atoms with Gasteiger partial charge in [0.25, 0.3) is 0 Å². The summed E-state index contributed by atoms with van der Waals surface area (Å²) < 4.78 is 26.8. The van der Waals surface area contributed by atoms with E-state index in [2.05, 4.69) is 402 Å². The highest BCUT2D eigenvalue weighted by atomic mass is 16.3. The second-order valence-corrected chi connectivity index (χ2v) is 38.9. The van der Waals surface area contributed by atoms with Gasteiger partial charge in [-0.3, -0.25) is 0 Å². The molecule has 25 rings (SSSR count). The summed E-state index contributed by atoms with van der Waals surface area (Å²) in [7, 11) is 0. The zero-order valence-corrected chi connectivity index (χ0v) is 76.2. The van der Waals surface area contributed by atoms with E-state index >= 15 is 0 Å². The molecule has 0 atom stereocenters. The van der Waals surface area contributed by atoms with E-state index in [1.165, 1.54) is 72.1 Å². The van der Waals surface area contributed by atoms with Crippen LogP contribution in [-0.4, -0.2) is 15.0 Å². The summed E-state index contributed by atoms with van der Waals surface area (Å²) in [5.74, 6) is 1.94. The molecular weight excluding hydrogens is 1610 g/mol. The molecule has 0 amide bonds. The van der Waals surface area contributed by atoms with Crippen LogP contribution in [0.4, 0.5) is 34.1 Å². The fourth-order valence-corrected chi connectivity index (χ4v) is 21.5. The topological polar surface area (TPSA) is 97.7 Å². The van der Waals surface area contributed by atoms with E-state index < -0.39 is 0 Å². The molecule has 17 aromatic carbocycles. The van der Waals surface area contributed by atoms with Crippen LogP contribution in [0.3, 0.4) is 0 Å². The van der Waals surface area contributed by atoms with Gasteiger partial charge in [0.15, 0.2) is 17.5 Å². The van der Waals surface area contributed by atoms with Crippen molar-refractivity contribution in [3.63, 3.8) is 0 Å². The lowest BCUT2D eigenvalue weighted by Crippen LogP contribution is -2.43. The highest BCUT2D eigenvalue weighted by Gasteiger charge is 2.51. The Balaban J connectivity index is 0.000000113. The zero-order valence-electron chi connectivity index (χ0n) is 76.2. The standard InChI is InChI=1S/C45H35N3O.C42H33NO2.C36H31NO/c1-44(2)36-21-12-11-18-35(36)38-37(45(44,3)4)27-26-34-33-20-13-19-32(39(33)49-40(34)38)28-22-24-31(25-23-28)43-47-41(29-14-7-5-8-15-29)46-42(48-43)30-16-9-6-10-17-30;1-41(2)35-16-10-8-14-29(35)32-21-22-33-34-24-27(19-23-37(34)45-40(33)39(32)42(41,3)4)43(26-12-6-5-7-13-26)28-18-20-31-30-15-9-11-17-36(30)44-38(31)25-28;1-35(2)31-18-12-11-17-27(31)28-20-21-29-30-23-26(19-22-32(30)38-34(29)33(28)36(35,3)4)37(24-13-7-5-8-14-24)25-15-9-6-10-16-25/h5-27H,1-4H3;5-25H,1-4H3;5-23H,1-4H3. The molecule has 0 radical (unpaired) electrons. The first-order valence-electron chi connectivity index (χ1n) is 45.9. The number of fused-ring (bicyclic) bond motifs is 24. The third-order valence-electron chi connectivity index (χ3n) is 30.5. The molecule has 0 aliphatic heterocycles. The molecule has 22 aromatic rings. The molecule has 0 saturated heterocycles. The fourth-order valence-electron chi connectivity index (χ4n) is 21.5. The lowest BCUT2D eigenvalue weighted by atomic mass is 9.55. The van der Waals surface area contributed by atoms with E-state index in [0.717, 1.165) is 144 Å². The molecule has 0 unspecified atom stereocenters. The first kappa shape index (κ1) is 81.1. The molecule has 0 N–H and O–H groups in total. The molecule has 3 aliphatic carbocycles. The number of anilines is 6. The number of benzene rings is 17. The maximum atomic E-state index is 6.97. The fraction of sp³-hybridized carbons (Fsp3) is 0.146. The van der Waals surface area contributed by atoms with Crippen LogP contribution in [0.1, 0.15) is 116 Å². The first-order chi connectivity index (χ1) is 64.0. The van der Waals surface area contributed by atoms with E-state index in [1.807, 2.05) is 72.8 Å². The molecule has 0 spiro atoms. The Hall–Kier alpha value is -15.5. The average Bonchev–Trinajstić information content (AvgIpc) is 1.70. The molecule has 9 nitrogen and oxygen atoms in total. The molecule has 640 valence electrons. The summed E-state index contributed by atoms with van der Waals surface area (Å²) in [5.41, 5.74) is 34.2. The minimum absolute atomic E-state index is 0.0363. The second kappa shape index (κ2) is 30.6. The number of rotatable bonds is 10. The maximum Gasteiger partial charge on any atom is 0.164 e. The lowest BCUT2D eigenvalue weighted by molar-refractivity contribution is 0.299. The predicted octanol–water partition coefficient (Wildman–Crippen LogP) is 34.2. The maximum absolute atomic E-state index is 6.97. The Labute approximate surface area is 769 Å².